The molecule has 1 saturated carbocycles. The summed E-state index contributed by atoms with van der Waals surface area (Å²) in [5.41, 5.74) is 0.930. The van der Waals surface area contributed by atoms with Crippen LogP contribution >= 0.6 is 15.9 Å². The van der Waals surface area contributed by atoms with E-state index in [0.717, 1.165) is 12.8 Å². The van der Waals surface area contributed by atoms with E-state index in [1.165, 1.54) is 12.1 Å². The van der Waals surface area contributed by atoms with Gasteiger partial charge in [0.25, 0.3) is 5.91 Å². The first-order chi connectivity index (χ1) is 16.7. The van der Waals surface area contributed by atoms with Crippen molar-refractivity contribution in [3.63, 3.8) is 0 Å². The molecule has 3 aliphatic heterocycles. The first kappa shape index (κ1) is 22.7. The largest absolute Gasteiger partial charge is 0.586 e. The molecule has 1 aliphatic carbocycles. The number of aliphatic hydroxyl groups is 1. The van der Waals surface area contributed by atoms with Crippen LogP contribution in [0, 0.1) is 5.82 Å². The van der Waals surface area contributed by atoms with Crippen LogP contribution in [0.3, 0.4) is 0 Å². The van der Waals surface area contributed by atoms with Crippen LogP contribution in [-0.4, -0.2) is 41.8 Å². The van der Waals surface area contributed by atoms with Crippen molar-refractivity contribution in [3.8, 4) is 11.5 Å². The van der Waals surface area contributed by atoms with Crippen LogP contribution in [-0.2, 0) is 11.4 Å². The third-order valence-corrected chi connectivity index (χ3v) is 7.51. The Balaban J connectivity index is 1.30. The van der Waals surface area contributed by atoms with E-state index in [0.29, 0.717) is 53.1 Å². The van der Waals surface area contributed by atoms with E-state index in [1.807, 2.05) is 4.90 Å². The summed E-state index contributed by atoms with van der Waals surface area (Å²) in [4.78, 5) is 19.8. The Bertz CT molecular complexity index is 1270. The fourth-order valence-electron chi connectivity index (χ4n) is 5.15. The molecule has 0 atom stereocenters. The number of carbonyl (C=O) groups excluding carboxylic acids is 1. The number of aliphatic hydroxyl groups excluding tert-OH is 1. The number of aliphatic imine (C=N–C) groups is 1. The number of alkyl halides is 2. The molecule has 2 fully saturated rings. The number of halogens is 4. The average Bonchev–Trinajstić information content (AvgIpc) is 3.52. The van der Waals surface area contributed by atoms with E-state index in [-0.39, 0.29) is 28.9 Å². The molecule has 11 heteroatoms. The van der Waals surface area contributed by atoms with E-state index >= 15 is 0 Å². The molecule has 3 heterocycles. The van der Waals surface area contributed by atoms with Crippen LogP contribution < -0.4 is 19.7 Å². The Labute approximate surface area is 207 Å². The highest BCUT2D eigenvalue weighted by Gasteiger charge is 2.50. The lowest BCUT2D eigenvalue weighted by Gasteiger charge is -2.37. The third kappa shape index (κ3) is 3.76. The summed E-state index contributed by atoms with van der Waals surface area (Å²) in [6, 6.07) is 6.11. The van der Waals surface area contributed by atoms with Gasteiger partial charge in [-0.1, -0.05) is 15.9 Å². The van der Waals surface area contributed by atoms with Crippen molar-refractivity contribution in [1.29, 1.82) is 0 Å². The second kappa shape index (κ2) is 7.86. The number of carbonyl (C=O) groups is 1. The minimum absolute atomic E-state index is 0.0101. The lowest BCUT2D eigenvalue weighted by atomic mass is 9.87. The molecule has 184 valence electrons. The van der Waals surface area contributed by atoms with E-state index in [2.05, 4.69) is 26.0 Å². The zero-order chi connectivity index (χ0) is 24.5. The monoisotopic (exact) mass is 551 g/mol. The predicted molar refractivity (Wildman–Crippen MR) is 124 cm³/mol. The highest BCUT2D eigenvalue weighted by atomic mass is 79.9. The van der Waals surface area contributed by atoms with Crippen molar-refractivity contribution in [3.05, 3.63) is 51.2 Å². The van der Waals surface area contributed by atoms with Gasteiger partial charge in [-0.3, -0.25) is 9.79 Å². The Kier molecular flexibility index (Phi) is 5.09. The quantitative estimate of drug-likeness (QED) is 0.595. The molecule has 7 nitrogen and oxygen atoms in total. The fraction of sp³-hybridized carbons (Fsp3) is 0.417. The maximum absolute atomic E-state index is 14.3. The lowest BCUT2D eigenvalue weighted by Crippen LogP contribution is -2.49. The second-order valence-electron chi connectivity index (χ2n) is 9.27. The van der Waals surface area contributed by atoms with Gasteiger partial charge >= 0.3 is 6.29 Å². The van der Waals surface area contributed by atoms with Gasteiger partial charge in [-0.25, -0.2) is 4.39 Å². The molecule has 6 rings (SSSR count). The van der Waals surface area contributed by atoms with E-state index in [1.54, 1.807) is 12.1 Å². The van der Waals surface area contributed by atoms with Crippen LogP contribution in [0.15, 0.2) is 33.7 Å². The van der Waals surface area contributed by atoms with Crippen molar-refractivity contribution in [2.75, 3.05) is 18.0 Å². The first-order valence-corrected chi connectivity index (χ1v) is 12.2. The molecule has 2 N–H and O–H groups in total. The van der Waals surface area contributed by atoms with Gasteiger partial charge in [0.1, 0.15) is 17.2 Å². The molecule has 0 aromatic heterocycles. The molecule has 1 saturated heterocycles. The Hall–Kier alpha value is -2.79. The Morgan fingerprint density at radius 1 is 1.20 bits per heavy atom. The SMILES string of the molecule is O=C1NC(c2ccc3c(c2C2CC2)OC(F)(F)O3)=NC12CCN(c1cc(Br)cc(F)c1CO)CC2. The molecular weight excluding hydrogens is 531 g/mol. The van der Waals surface area contributed by atoms with Gasteiger partial charge in [0.2, 0.25) is 0 Å². The molecule has 0 bridgehead atoms. The fourth-order valence-corrected chi connectivity index (χ4v) is 5.56. The summed E-state index contributed by atoms with van der Waals surface area (Å²) in [6.07, 6.45) is -1.31. The zero-order valence-electron chi connectivity index (χ0n) is 18.4. The number of anilines is 1. The minimum Gasteiger partial charge on any atom is -0.395 e. The minimum atomic E-state index is -3.72. The number of nitrogens with zero attached hydrogens (tertiary/aromatic N) is 2. The van der Waals surface area contributed by atoms with E-state index < -0.39 is 24.3 Å². The molecule has 2 aromatic rings. The average molecular weight is 552 g/mol. The van der Waals surface area contributed by atoms with Crippen LogP contribution in [0.1, 0.15) is 48.3 Å². The number of fused-ring (bicyclic) bond motifs is 1. The number of amides is 1. The normalized spacial score (nSPS) is 21.9. The summed E-state index contributed by atoms with van der Waals surface area (Å²) >= 11 is 3.30. The van der Waals surface area contributed by atoms with Crippen molar-refractivity contribution >= 4 is 33.4 Å². The molecule has 2 aromatic carbocycles. The summed E-state index contributed by atoms with van der Waals surface area (Å²) in [5, 5.41) is 12.5. The molecular formula is C24H21BrF3N3O4. The molecule has 0 radical (unpaired) electrons. The summed E-state index contributed by atoms with van der Waals surface area (Å²) < 4.78 is 51.8. The van der Waals surface area contributed by atoms with E-state index in [9.17, 15) is 23.1 Å². The molecule has 1 spiro atoms. The topological polar surface area (TPSA) is 83.4 Å². The summed E-state index contributed by atoms with van der Waals surface area (Å²) in [5.74, 6) is -0.377. The van der Waals surface area contributed by atoms with Gasteiger partial charge in [-0.05, 0) is 55.9 Å². The standard InChI is InChI=1S/C24H21BrF3N3O4/c25-13-9-16(26)15(11-32)17(10-13)31-7-5-23(6-8-31)22(33)29-21(30-23)14-3-4-18-20(19(14)12-1-2-12)35-24(27,28)34-18/h3-4,9-10,12,32H,1-2,5-8,11H2,(H,29,30,33). The molecule has 4 aliphatic rings. The number of piperidine rings is 1. The first-order valence-electron chi connectivity index (χ1n) is 11.4. The van der Waals surface area contributed by atoms with Crippen LogP contribution in [0.2, 0.25) is 0 Å². The second-order valence-corrected chi connectivity index (χ2v) is 10.2. The van der Waals surface area contributed by atoms with Crippen molar-refractivity contribution in [2.45, 2.75) is 50.0 Å². The van der Waals surface area contributed by atoms with Crippen LogP contribution in [0.4, 0.5) is 18.9 Å². The smallest absolute Gasteiger partial charge is 0.395 e. The third-order valence-electron chi connectivity index (χ3n) is 7.06. The number of amidine groups is 1. The number of hydrogen-bond acceptors (Lipinski definition) is 6. The van der Waals surface area contributed by atoms with Crippen LogP contribution in [0.5, 0.6) is 11.5 Å². The molecule has 0 unspecified atom stereocenters. The van der Waals surface area contributed by atoms with Gasteiger partial charge in [-0.15, -0.1) is 8.78 Å². The molecule has 35 heavy (non-hydrogen) atoms. The van der Waals surface area contributed by atoms with Crippen molar-refractivity contribution in [1.82, 2.24) is 5.32 Å². The van der Waals surface area contributed by atoms with Gasteiger partial charge in [0.05, 0.1) is 6.61 Å². The van der Waals surface area contributed by atoms with Gasteiger partial charge in [0, 0.05) is 39.9 Å². The number of hydrogen-bond donors (Lipinski definition) is 2. The number of benzene rings is 2. The number of ether oxygens (including phenoxy) is 2. The number of nitrogens with one attached hydrogen (secondary N) is 1. The summed E-state index contributed by atoms with van der Waals surface area (Å²) in [6.45, 7) is 0.415. The molecule has 1 amide bonds. The van der Waals surface area contributed by atoms with Gasteiger partial charge < -0.3 is 24.8 Å². The maximum Gasteiger partial charge on any atom is 0.586 e. The predicted octanol–water partition coefficient (Wildman–Crippen LogP) is 4.20. The van der Waals surface area contributed by atoms with Crippen molar-refractivity contribution in [2.24, 2.45) is 4.99 Å². The van der Waals surface area contributed by atoms with E-state index in [4.69, 9.17) is 9.73 Å². The highest BCUT2D eigenvalue weighted by Crippen LogP contribution is 2.53. The van der Waals surface area contributed by atoms with Gasteiger partial charge in [0.15, 0.2) is 11.5 Å². The van der Waals surface area contributed by atoms with Crippen LogP contribution in [0.25, 0.3) is 0 Å². The Morgan fingerprint density at radius 3 is 2.63 bits per heavy atom. The summed E-state index contributed by atoms with van der Waals surface area (Å²) in [7, 11) is 0. The van der Waals surface area contributed by atoms with Crippen molar-refractivity contribution < 1.29 is 32.5 Å². The zero-order valence-corrected chi connectivity index (χ0v) is 20.0. The number of rotatable bonds is 4. The Morgan fingerprint density at radius 2 is 1.94 bits per heavy atom. The van der Waals surface area contributed by atoms with Gasteiger partial charge in [-0.2, -0.15) is 0 Å². The highest BCUT2D eigenvalue weighted by molar-refractivity contribution is 9.10. The maximum atomic E-state index is 14.3. The lowest BCUT2D eigenvalue weighted by molar-refractivity contribution is -0.286.